The number of nitrogens with one attached hydrogen (secondary N) is 1. The van der Waals surface area contributed by atoms with Gasteiger partial charge in [-0.15, -0.1) is 0 Å². The van der Waals surface area contributed by atoms with Crippen LogP contribution >= 0.6 is 0 Å². The summed E-state index contributed by atoms with van der Waals surface area (Å²) in [4.78, 5) is 25.8. The Bertz CT molecular complexity index is 1570. The molecule has 0 unspecified atom stereocenters. The quantitative estimate of drug-likeness (QED) is 0.228. The number of hydrogen-bond acceptors (Lipinski definition) is 5. The highest BCUT2D eigenvalue weighted by atomic mass is 19.4. The maximum Gasteiger partial charge on any atom is 0.453 e. The van der Waals surface area contributed by atoms with Gasteiger partial charge in [-0.1, -0.05) is 64.1 Å². The zero-order valence-electron chi connectivity index (χ0n) is 22.6. The van der Waals surface area contributed by atoms with Gasteiger partial charge in [0.05, 0.1) is 5.39 Å². The summed E-state index contributed by atoms with van der Waals surface area (Å²) in [5.41, 5.74) is 2.02. The molecule has 0 spiro atoms. The highest BCUT2D eigenvalue weighted by Crippen LogP contribution is 2.40. The molecule has 0 fully saturated rings. The molecule has 40 heavy (non-hydrogen) atoms. The number of halogens is 3. The Labute approximate surface area is 229 Å². The fourth-order valence-electron chi connectivity index (χ4n) is 4.41. The third kappa shape index (κ3) is 6.14. The fraction of sp³-hybridized carbons (Fsp3) is 0.290. The fourth-order valence-corrected chi connectivity index (χ4v) is 4.41. The molecule has 0 aliphatic carbocycles. The number of fused-ring (bicyclic) bond motifs is 1. The van der Waals surface area contributed by atoms with Crippen molar-refractivity contribution < 1.29 is 31.9 Å². The number of anilines is 1. The van der Waals surface area contributed by atoms with E-state index in [1.807, 2.05) is 45.9 Å². The molecule has 1 N–H and O–H groups in total. The first-order valence-electron chi connectivity index (χ1n) is 13.0. The predicted molar refractivity (Wildman–Crippen MR) is 147 cm³/mol. The molecule has 0 radical (unpaired) electrons. The Hall–Kier alpha value is -4.27. The lowest BCUT2D eigenvalue weighted by molar-refractivity contribution is -0.154. The first-order chi connectivity index (χ1) is 19.0. The van der Waals surface area contributed by atoms with Gasteiger partial charge in [0.15, 0.2) is 6.61 Å². The number of hydrogen-bond donors (Lipinski definition) is 1. The van der Waals surface area contributed by atoms with E-state index in [0.717, 1.165) is 35.7 Å². The molecule has 9 heteroatoms. The lowest BCUT2D eigenvalue weighted by Gasteiger charge is -2.17. The van der Waals surface area contributed by atoms with Crippen LogP contribution in [0.15, 0.2) is 69.9 Å². The number of alkyl halides is 3. The zero-order chi connectivity index (χ0) is 29.0. The first-order valence-corrected chi connectivity index (χ1v) is 13.0. The van der Waals surface area contributed by atoms with Crippen LogP contribution in [0.4, 0.5) is 18.9 Å². The minimum atomic E-state index is -5.00. The van der Waals surface area contributed by atoms with E-state index in [1.165, 1.54) is 18.2 Å². The minimum absolute atomic E-state index is 0.0565. The molecule has 4 rings (SSSR count). The van der Waals surface area contributed by atoms with Crippen molar-refractivity contribution in [1.29, 1.82) is 0 Å². The summed E-state index contributed by atoms with van der Waals surface area (Å²) < 4.78 is 58.3. The molecule has 210 valence electrons. The number of amides is 1. The molecule has 0 atom stereocenters. The number of rotatable bonds is 9. The SMILES string of the molecule is CCc1cccc(CC)c1NC(=O)COc1ccc2c(=O)c(Oc3ccccc3C(C)C)c(C(F)(F)F)oc2c1. The van der Waals surface area contributed by atoms with Crippen molar-refractivity contribution in [2.75, 3.05) is 11.9 Å². The van der Waals surface area contributed by atoms with Crippen molar-refractivity contribution in [3.63, 3.8) is 0 Å². The summed E-state index contributed by atoms with van der Waals surface area (Å²) in [7, 11) is 0. The first kappa shape index (κ1) is 28.7. The van der Waals surface area contributed by atoms with E-state index in [4.69, 9.17) is 13.9 Å². The molecular weight excluding hydrogens is 523 g/mol. The van der Waals surface area contributed by atoms with Gasteiger partial charge in [0.25, 0.3) is 11.7 Å². The smallest absolute Gasteiger partial charge is 0.453 e. The highest BCUT2D eigenvalue weighted by molar-refractivity contribution is 5.93. The predicted octanol–water partition coefficient (Wildman–Crippen LogP) is 7.87. The molecule has 0 saturated carbocycles. The van der Waals surface area contributed by atoms with Crippen LogP contribution < -0.4 is 20.2 Å². The summed E-state index contributed by atoms with van der Waals surface area (Å²) in [5.74, 6) is -2.78. The van der Waals surface area contributed by atoms with Gasteiger partial charge in [0.2, 0.25) is 11.2 Å². The van der Waals surface area contributed by atoms with Gasteiger partial charge in [0, 0.05) is 11.8 Å². The standard InChI is InChI=1S/C31H30F3NO5/c1-5-19-10-9-11-20(6-2)27(19)35-26(36)17-38-21-14-15-23-25(16-21)40-30(31(32,33)34)29(28(23)37)39-24-13-8-7-12-22(24)18(3)4/h7-16,18H,5-6,17H2,1-4H3,(H,35,36). The number of carbonyl (C=O) groups is 1. The van der Waals surface area contributed by atoms with Crippen molar-refractivity contribution in [3.8, 4) is 17.2 Å². The van der Waals surface area contributed by atoms with Crippen molar-refractivity contribution >= 4 is 22.6 Å². The largest absolute Gasteiger partial charge is 0.484 e. The van der Waals surface area contributed by atoms with Crippen LogP contribution in [0, 0.1) is 0 Å². The number of ether oxygens (including phenoxy) is 2. The summed E-state index contributed by atoms with van der Waals surface area (Å²) in [6.45, 7) is 7.30. The second-order valence-electron chi connectivity index (χ2n) is 9.53. The third-order valence-corrected chi connectivity index (χ3v) is 6.47. The van der Waals surface area contributed by atoms with E-state index in [2.05, 4.69) is 5.32 Å². The van der Waals surface area contributed by atoms with Gasteiger partial charge < -0.3 is 19.2 Å². The molecule has 0 saturated heterocycles. The van der Waals surface area contributed by atoms with Crippen molar-refractivity contribution in [2.24, 2.45) is 0 Å². The maximum absolute atomic E-state index is 14.0. The summed E-state index contributed by atoms with van der Waals surface area (Å²) >= 11 is 0. The molecule has 1 heterocycles. The van der Waals surface area contributed by atoms with Crippen molar-refractivity contribution in [2.45, 2.75) is 52.6 Å². The maximum atomic E-state index is 14.0. The second-order valence-corrected chi connectivity index (χ2v) is 9.53. The summed E-state index contributed by atoms with van der Waals surface area (Å²) in [6.07, 6.45) is -3.55. The molecule has 0 bridgehead atoms. The molecule has 0 aliphatic heterocycles. The topological polar surface area (TPSA) is 77.8 Å². The number of para-hydroxylation sites is 2. The van der Waals surface area contributed by atoms with E-state index < -0.39 is 35.6 Å². The lowest BCUT2D eigenvalue weighted by Crippen LogP contribution is -2.22. The number of benzene rings is 3. The Morgan fingerprint density at radius 2 is 1.65 bits per heavy atom. The van der Waals surface area contributed by atoms with Crippen molar-refractivity contribution in [1.82, 2.24) is 0 Å². The summed E-state index contributed by atoms with van der Waals surface area (Å²) in [5, 5.41) is 2.75. The van der Waals surface area contributed by atoms with Crippen LogP contribution in [0.5, 0.6) is 17.2 Å². The number of aryl methyl sites for hydroxylation is 2. The summed E-state index contributed by atoms with van der Waals surface area (Å²) in [6, 6.07) is 16.2. The Kier molecular flexibility index (Phi) is 8.52. The molecule has 6 nitrogen and oxygen atoms in total. The van der Waals surface area contributed by atoms with Crippen LogP contribution in [-0.2, 0) is 23.8 Å². The molecule has 1 amide bonds. The molecule has 0 aliphatic rings. The molecular formula is C31H30F3NO5. The minimum Gasteiger partial charge on any atom is -0.484 e. The van der Waals surface area contributed by atoms with Crippen LogP contribution in [-0.4, -0.2) is 12.5 Å². The van der Waals surface area contributed by atoms with Gasteiger partial charge >= 0.3 is 6.18 Å². The molecule has 1 aromatic heterocycles. The Morgan fingerprint density at radius 3 is 2.27 bits per heavy atom. The van der Waals surface area contributed by atoms with Gasteiger partial charge in [0.1, 0.15) is 17.1 Å². The Morgan fingerprint density at radius 1 is 0.975 bits per heavy atom. The van der Waals surface area contributed by atoms with Crippen LogP contribution in [0.25, 0.3) is 11.0 Å². The molecule has 3 aromatic carbocycles. The van der Waals surface area contributed by atoms with E-state index in [0.29, 0.717) is 5.56 Å². The average molecular weight is 554 g/mol. The van der Waals surface area contributed by atoms with E-state index in [9.17, 15) is 22.8 Å². The van der Waals surface area contributed by atoms with E-state index in [-0.39, 0.29) is 28.4 Å². The average Bonchev–Trinajstić information content (AvgIpc) is 2.92. The third-order valence-electron chi connectivity index (χ3n) is 6.47. The normalized spacial score (nSPS) is 11.6. The zero-order valence-corrected chi connectivity index (χ0v) is 22.6. The van der Waals surface area contributed by atoms with Crippen LogP contribution in [0.2, 0.25) is 0 Å². The van der Waals surface area contributed by atoms with Gasteiger partial charge in [-0.2, -0.15) is 13.2 Å². The van der Waals surface area contributed by atoms with E-state index in [1.54, 1.807) is 18.2 Å². The Balaban J connectivity index is 1.63. The van der Waals surface area contributed by atoms with Crippen LogP contribution in [0.1, 0.15) is 56.1 Å². The van der Waals surface area contributed by atoms with Gasteiger partial charge in [-0.05, 0) is 53.6 Å². The van der Waals surface area contributed by atoms with Gasteiger partial charge in [-0.3, -0.25) is 9.59 Å². The van der Waals surface area contributed by atoms with Gasteiger partial charge in [-0.25, -0.2) is 0 Å². The highest BCUT2D eigenvalue weighted by Gasteiger charge is 2.40. The van der Waals surface area contributed by atoms with Crippen molar-refractivity contribution in [3.05, 3.63) is 93.3 Å². The second kappa shape index (κ2) is 11.9. The lowest BCUT2D eigenvalue weighted by atomic mass is 10.0. The van der Waals surface area contributed by atoms with Crippen LogP contribution in [0.3, 0.4) is 0 Å². The molecule has 4 aromatic rings. The number of carbonyl (C=O) groups excluding carboxylic acids is 1. The van der Waals surface area contributed by atoms with E-state index >= 15 is 0 Å². The monoisotopic (exact) mass is 553 g/mol.